The summed E-state index contributed by atoms with van der Waals surface area (Å²) in [6.07, 6.45) is 2.58. The number of aromatic nitrogens is 1. The molecule has 1 N–H and O–H groups in total. The second-order valence-electron chi connectivity index (χ2n) is 10.0. The Hall–Kier alpha value is -3.75. The first kappa shape index (κ1) is 27.3. The Bertz CT molecular complexity index is 1310. The van der Waals surface area contributed by atoms with E-state index in [1.54, 1.807) is 4.90 Å². The van der Waals surface area contributed by atoms with E-state index in [9.17, 15) is 19.5 Å². The van der Waals surface area contributed by atoms with E-state index in [-0.39, 0.29) is 23.9 Å². The first-order valence-electron chi connectivity index (χ1n) is 12.9. The third kappa shape index (κ3) is 6.20. The summed E-state index contributed by atoms with van der Waals surface area (Å²) in [6, 6.07) is 20.6. The number of carbonyl (C=O) groups is 2. The molecule has 200 valence electrons. The molecule has 2 aromatic carbocycles. The number of rotatable bonds is 8. The van der Waals surface area contributed by atoms with Crippen molar-refractivity contribution in [3.05, 3.63) is 94.4 Å². The Kier molecular flexibility index (Phi) is 8.44. The fraction of sp³-hybridized carbons (Fsp3) is 0.367. The predicted octanol–water partition coefficient (Wildman–Crippen LogP) is 3.70. The summed E-state index contributed by atoms with van der Waals surface area (Å²) in [6.45, 7) is 2.89. The molecule has 0 spiro atoms. The molecule has 1 atom stereocenters. The standard InChI is InChI=1S/C30H35N3O5/c1-22(23-10-6-4-7-11-23)18-27(34)32-16-14-30(37,15-17-32)21-33-20-26(29(36)31(2)38-3)25(19-28(33)35)24-12-8-5-9-13-24/h4-13,19-20,22,37H,14-18,21H2,1-3H3. The summed E-state index contributed by atoms with van der Waals surface area (Å²) in [5, 5.41) is 12.5. The zero-order chi connectivity index (χ0) is 27.3. The van der Waals surface area contributed by atoms with Crippen molar-refractivity contribution in [3.8, 4) is 11.1 Å². The minimum absolute atomic E-state index is 0.0281. The molecule has 8 nitrogen and oxygen atoms in total. The van der Waals surface area contributed by atoms with Crippen LogP contribution in [0.4, 0.5) is 0 Å². The molecular weight excluding hydrogens is 482 g/mol. The van der Waals surface area contributed by atoms with Gasteiger partial charge in [0, 0.05) is 44.4 Å². The minimum Gasteiger partial charge on any atom is -0.388 e. The Morgan fingerprint density at radius 2 is 1.66 bits per heavy atom. The summed E-state index contributed by atoms with van der Waals surface area (Å²) in [7, 11) is 2.90. The number of hydrogen-bond acceptors (Lipinski definition) is 5. The van der Waals surface area contributed by atoms with E-state index >= 15 is 0 Å². The van der Waals surface area contributed by atoms with Crippen LogP contribution in [0.5, 0.6) is 0 Å². The topological polar surface area (TPSA) is 92.1 Å². The second kappa shape index (κ2) is 11.8. The molecule has 1 unspecified atom stereocenters. The lowest BCUT2D eigenvalue weighted by Gasteiger charge is -2.39. The average Bonchev–Trinajstić information content (AvgIpc) is 2.94. The third-order valence-corrected chi connectivity index (χ3v) is 7.36. The van der Waals surface area contributed by atoms with Crippen LogP contribution in [-0.2, 0) is 16.2 Å². The van der Waals surface area contributed by atoms with Crippen molar-refractivity contribution in [2.45, 2.75) is 44.2 Å². The monoisotopic (exact) mass is 517 g/mol. The molecule has 1 aromatic heterocycles. The molecule has 1 saturated heterocycles. The van der Waals surface area contributed by atoms with E-state index in [0.717, 1.165) is 16.2 Å². The third-order valence-electron chi connectivity index (χ3n) is 7.36. The van der Waals surface area contributed by atoms with Gasteiger partial charge in [0.05, 0.1) is 24.8 Å². The summed E-state index contributed by atoms with van der Waals surface area (Å²) in [4.78, 5) is 46.0. The Balaban J connectivity index is 1.49. The van der Waals surface area contributed by atoms with Gasteiger partial charge in [-0.3, -0.25) is 19.2 Å². The quantitative estimate of drug-likeness (QED) is 0.460. The first-order valence-corrected chi connectivity index (χ1v) is 12.9. The normalized spacial score (nSPS) is 15.6. The molecule has 2 heterocycles. The van der Waals surface area contributed by atoms with Crippen LogP contribution in [0.15, 0.2) is 77.7 Å². The van der Waals surface area contributed by atoms with Crippen LogP contribution >= 0.6 is 0 Å². The maximum Gasteiger partial charge on any atom is 0.279 e. The van der Waals surface area contributed by atoms with Gasteiger partial charge in [0.2, 0.25) is 5.91 Å². The van der Waals surface area contributed by atoms with Gasteiger partial charge in [-0.05, 0) is 29.9 Å². The number of hydroxylamine groups is 2. The number of piperidine rings is 1. The highest BCUT2D eigenvalue weighted by Crippen LogP contribution is 2.28. The van der Waals surface area contributed by atoms with Crippen molar-refractivity contribution < 1.29 is 19.5 Å². The number of carbonyl (C=O) groups excluding carboxylic acids is 2. The number of benzene rings is 2. The molecule has 3 aromatic rings. The molecule has 0 radical (unpaired) electrons. The van der Waals surface area contributed by atoms with Crippen LogP contribution < -0.4 is 5.56 Å². The smallest absolute Gasteiger partial charge is 0.279 e. The van der Waals surface area contributed by atoms with Crippen LogP contribution in [0.3, 0.4) is 0 Å². The maximum atomic E-state index is 13.1. The van der Waals surface area contributed by atoms with Crippen molar-refractivity contribution in [2.75, 3.05) is 27.2 Å². The molecule has 0 saturated carbocycles. The van der Waals surface area contributed by atoms with E-state index in [1.165, 1.54) is 31.0 Å². The maximum absolute atomic E-state index is 13.1. The van der Waals surface area contributed by atoms with Crippen LogP contribution in [0, 0.1) is 0 Å². The zero-order valence-corrected chi connectivity index (χ0v) is 22.2. The van der Waals surface area contributed by atoms with Crippen molar-refractivity contribution >= 4 is 11.8 Å². The van der Waals surface area contributed by atoms with Crippen LogP contribution in [-0.4, -0.2) is 64.3 Å². The van der Waals surface area contributed by atoms with Gasteiger partial charge in [0.1, 0.15) is 0 Å². The molecule has 8 heteroatoms. The zero-order valence-electron chi connectivity index (χ0n) is 22.2. The van der Waals surface area contributed by atoms with Gasteiger partial charge in [0.15, 0.2) is 0 Å². The summed E-state index contributed by atoms with van der Waals surface area (Å²) >= 11 is 0. The lowest BCUT2D eigenvalue weighted by molar-refractivity contribution is -0.136. The Morgan fingerprint density at radius 3 is 2.26 bits per heavy atom. The molecule has 38 heavy (non-hydrogen) atoms. The molecule has 4 rings (SSSR count). The number of likely N-dealkylation sites (tertiary alicyclic amines) is 1. The van der Waals surface area contributed by atoms with Gasteiger partial charge in [-0.1, -0.05) is 67.6 Å². The summed E-state index contributed by atoms with van der Waals surface area (Å²) in [5.74, 6) is -0.240. The first-order chi connectivity index (χ1) is 18.2. The van der Waals surface area contributed by atoms with E-state index in [4.69, 9.17) is 4.84 Å². The summed E-state index contributed by atoms with van der Waals surface area (Å²) < 4.78 is 1.39. The number of aliphatic hydroxyl groups is 1. The lowest BCUT2D eigenvalue weighted by Crippen LogP contribution is -2.49. The van der Waals surface area contributed by atoms with Crippen LogP contribution in [0.25, 0.3) is 11.1 Å². The fourth-order valence-corrected chi connectivity index (χ4v) is 4.91. The van der Waals surface area contributed by atoms with Crippen molar-refractivity contribution in [1.29, 1.82) is 0 Å². The highest BCUT2D eigenvalue weighted by Gasteiger charge is 2.35. The van der Waals surface area contributed by atoms with Crippen molar-refractivity contribution in [2.24, 2.45) is 0 Å². The Labute approximate surface area is 223 Å². The molecule has 1 aliphatic heterocycles. The van der Waals surface area contributed by atoms with Gasteiger partial charge >= 0.3 is 0 Å². The largest absolute Gasteiger partial charge is 0.388 e. The van der Waals surface area contributed by atoms with E-state index in [2.05, 4.69) is 0 Å². The van der Waals surface area contributed by atoms with E-state index in [1.807, 2.05) is 67.6 Å². The van der Waals surface area contributed by atoms with Crippen LogP contribution in [0.1, 0.15) is 48.0 Å². The van der Waals surface area contributed by atoms with E-state index in [0.29, 0.717) is 43.5 Å². The molecule has 0 bridgehead atoms. The highest BCUT2D eigenvalue weighted by molar-refractivity contribution is 5.99. The highest BCUT2D eigenvalue weighted by atomic mass is 16.7. The molecular formula is C30H35N3O5. The van der Waals surface area contributed by atoms with Crippen molar-refractivity contribution in [3.63, 3.8) is 0 Å². The second-order valence-corrected chi connectivity index (χ2v) is 10.0. The van der Waals surface area contributed by atoms with Crippen molar-refractivity contribution in [1.82, 2.24) is 14.5 Å². The number of nitrogens with zero attached hydrogens (tertiary/aromatic N) is 3. The van der Waals surface area contributed by atoms with Gasteiger partial charge in [-0.15, -0.1) is 0 Å². The summed E-state index contributed by atoms with van der Waals surface area (Å²) in [5.41, 5.74) is 1.17. The Morgan fingerprint density at radius 1 is 1.05 bits per heavy atom. The average molecular weight is 518 g/mol. The minimum atomic E-state index is -1.17. The number of pyridine rings is 1. The van der Waals surface area contributed by atoms with Gasteiger partial charge in [-0.25, -0.2) is 5.06 Å². The number of hydrogen-bond donors (Lipinski definition) is 1. The van der Waals surface area contributed by atoms with Gasteiger partial charge < -0.3 is 14.6 Å². The molecule has 1 aliphatic rings. The van der Waals surface area contributed by atoms with Crippen LogP contribution in [0.2, 0.25) is 0 Å². The lowest BCUT2D eigenvalue weighted by atomic mass is 9.90. The SMILES string of the molecule is CON(C)C(=O)c1cn(CC2(O)CCN(C(=O)CC(C)c3ccccc3)CC2)c(=O)cc1-c1ccccc1. The van der Waals surface area contributed by atoms with Gasteiger partial charge in [-0.2, -0.15) is 0 Å². The number of amides is 2. The molecule has 1 fully saturated rings. The molecule has 0 aliphatic carbocycles. The van der Waals surface area contributed by atoms with E-state index < -0.39 is 11.5 Å². The fourth-order valence-electron chi connectivity index (χ4n) is 4.91. The van der Waals surface area contributed by atoms with Gasteiger partial charge in [0.25, 0.3) is 11.5 Å². The molecule has 2 amide bonds. The predicted molar refractivity (Wildman–Crippen MR) is 145 cm³/mol.